The van der Waals surface area contributed by atoms with Gasteiger partial charge in [-0.05, 0) is 20.8 Å². The summed E-state index contributed by atoms with van der Waals surface area (Å²) in [6.45, 7) is 8.84. The van der Waals surface area contributed by atoms with E-state index in [1.54, 1.807) is 21.8 Å². The number of likely N-dealkylation sites (tertiary alicyclic amines) is 1. The van der Waals surface area contributed by atoms with E-state index in [4.69, 9.17) is 22.1 Å². The molecule has 27 heavy (non-hydrogen) atoms. The maximum atomic E-state index is 12.1. The zero-order chi connectivity index (χ0) is 19.4. The van der Waals surface area contributed by atoms with Gasteiger partial charge in [0.2, 0.25) is 0 Å². The molecule has 0 aliphatic carbocycles. The van der Waals surface area contributed by atoms with Crippen LogP contribution in [0.25, 0.3) is 5.69 Å². The van der Waals surface area contributed by atoms with Gasteiger partial charge in [0, 0.05) is 37.7 Å². The summed E-state index contributed by atoms with van der Waals surface area (Å²) >= 11 is 5.89. The predicted octanol–water partition coefficient (Wildman–Crippen LogP) is 1.96. The molecule has 2 aliphatic heterocycles. The van der Waals surface area contributed by atoms with Gasteiger partial charge >= 0.3 is 6.09 Å². The Balaban J connectivity index is 1.36. The highest BCUT2D eigenvalue weighted by molar-refractivity contribution is 6.29. The van der Waals surface area contributed by atoms with Crippen LogP contribution in [0.2, 0.25) is 5.15 Å². The topological polar surface area (TPSA) is 102 Å². The number of anilines is 2. The molecule has 0 unspecified atom stereocenters. The first-order valence-electron chi connectivity index (χ1n) is 8.71. The van der Waals surface area contributed by atoms with Gasteiger partial charge in [-0.25, -0.2) is 9.48 Å². The lowest BCUT2D eigenvalue weighted by atomic mass is 9.73. The molecule has 0 radical (unpaired) electrons. The number of aromatic nitrogens is 4. The van der Waals surface area contributed by atoms with Crippen molar-refractivity contribution >= 4 is 29.2 Å². The van der Waals surface area contributed by atoms with Gasteiger partial charge in [0.25, 0.3) is 0 Å². The summed E-state index contributed by atoms with van der Waals surface area (Å²) in [4.78, 5) is 16.1. The lowest BCUT2D eigenvalue weighted by Crippen LogP contribution is -2.73. The first-order valence-corrected chi connectivity index (χ1v) is 9.09. The largest absolute Gasteiger partial charge is 0.444 e. The Bertz CT molecular complexity index is 878. The molecule has 144 valence electrons. The molecule has 0 atom stereocenters. The van der Waals surface area contributed by atoms with Crippen molar-refractivity contribution in [3.05, 3.63) is 23.6 Å². The third kappa shape index (κ3) is 3.39. The fourth-order valence-corrected chi connectivity index (χ4v) is 3.67. The molecule has 4 rings (SSSR count). The number of amides is 1. The van der Waals surface area contributed by atoms with Crippen LogP contribution >= 0.6 is 11.6 Å². The molecule has 2 fully saturated rings. The van der Waals surface area contributed by atoms with E-state index in [0.717, 1.165) is 31.9 Å². The summed E-state index contributed by atoms with van der Waals surface area (Å²) in [5.41, 5.74) is 7.13. The number of ether oxygens (including phenoxy) is 1. The Morgan fingerprint density at radius 3 is 2.63 bits per heavy atom. The van der Waals surface area contributed by atoms with Crippen LogP contribution in [-0.2, 0) is 4.74 Å². The average Bonchev–Trinajstić information content (AvgIpc) is 2.94. The Morgan fingerprint density at radius 1 is 1.26 bits per heavy atom. The van der Waals surface area contributed by atoms with E-state index in [1.807, 2.05) is 27.0 Å². The van der Waals surface area contributed by atoms with Crippen molar-refractivity contribution in [2.24, 2.45) is 5.41 Å². The SMILES string of the molecule is CC(C)(C)OC(=O)N1CC2(C1)CN(c1cnn(-c3cc(Cl)nnc3N)c1)C2. The zero-order valence-corrected chi connectivity index (χ0v) is 16.3. The molecule has 1 spiro atoms. The van der Waals surface area contributed by atoms with Gasteiger partial charge in [0.15, 0.2) is 11.0 Å². The Morgan fingerprint density at radius 2 is 1.96 bits per heavy atom. The van der Waals surface area contributed by atoms with Gasteiger partial charge in [-0.15, -0.1) is 10.2 Å². The van der Waals surface area contributed by atoms with Crippen LogP contribution in [0.1, 0.15) is 20.8 Å². The summed E-state index contributed by atoms with van der Waals surface area (Å²) in [7, 11) is 0. The molecule has 9 nitrogen and oxygen atoms in total. The van der Waals surface area contributed by atoms with E-state index in [9.17, 15) is 4.79 Å². The third-order valence-corrected chi connectivity index (χ3v) is 4.89. The number of nitrogens with zero attached hydrogens (tertiary/aromatic N) is 6. The molecule has 4 heterocycles. The van der Waals surface area contributed by atoms with Crippen LogP contribution in [0.3, 0.4) is 0 Å². The number of carbonyl (C=O) groups is 1. The molecule has 0 aromatic carbocycles. The fraction of sp³-hybridized carbons (Fsp3) is 0.529. The molecule has 1 amide bonds. The second-order valence-electron chi connectivity index (χ2n) is 8.27. The van der Waals surface area contributed by atoms with Gasteiger partial charge in [0.1, 0.15) is 11.3 Å². The smallest absolute Gasteiger partial charge is 0.410 e. The lowest BCUT2D eigenvalue weighted by Gasteiger charge is -2.60. The van der Waals surface area contributed by atoms with Crippen molar-refractivity contribution in [1.82, 2.24) is 24.9 Å². The number of halogens is 1. The monoisotopic (exact) mass is 391 g/mol. The van der Waals surface area contributed by atoms with Crippen molar-refractivity contribution in [3.63, 3.8) is 0 Å². The normalized spacial score (nSPS) is 18.2. The highest BCUT2D eigenvalue weighted by Crippen LogP contribution is 2.42. The van der Waals surface area contributed by atoms with Crippen LogP contribution in [0, 0.1) is 5.41 Å². The Kier molecular flexibility index (Phi) is 3.95. The van der Waals surface area contributed by atoms with Gasteiger partial charge in [-0.1, -0.05) is 11.6 Å². The minimum atomic E-state index is -0.466. The number of hydrogen-bond donors (Lipinski definition) is 1. The van der Waals surface area contributed by atoms with Gasteiger partial charge in [-0.3, -0.25) is 0 Å². The van der Waals surface area contributed by atoms with Gasteiger partial charge < -0.3 is 20.3 Å². The number of carbonyl (C=O) groups excluding carboxylic acids is 1. The lowest BCUT2D eigenvalue weighted by molar-refractivity contribution is -0.0453. The highest BCUT2D eigenvalue weighted by atomic mass is 35.5. The van der Waals surface area contributed by atoms with Crippen LogP contribution in [0.15, 0.2) is 18.5 Å². The van der Waals surface area contributed by atoms with Gasteiger partial charge in [-0.2, -0.15) is 5.10 Å². The molecule has 2 aromatic rings. The maximum absolute atomic E-state index is 12.1. The second kappa shape index (κ2) is 5.98. The molecule has 10 heteroatoms. The summed E-state index contributed by atoms with van der Waals surface area (Å²) in [5.74, 6) is 0.265. The molecular weight excluding hydrogens is 370 g/mol. The standard InChI is InChI=1S/C17H22ClN7O2/c1-16(2,3)27-15(26)24-9-17(10-24)7-23(8-17)11-5-20-25(6-11)12-4-13(18)21-22-14(12)19/h4-6H,7-10H2,1-3H3,(H2,19,22). The zero-order valence-electron chi connectivity index (χ0n) is 15.5. The second-order valence-corrected chi connectivity index (χ2v) is 8.66. The number of nitrogen functional groups attached to an aromatic ring is 1. The van der Waals surface area contributed by atoms with Crippen molar-refractivity contribution in [2.75, 3.05) is 36.8 Å². The predicted molar refractivity (Wildman–Crippen MR) is 101 cm³/mol. The van der Waals surface area contributed by atoms with Crippen molar-refractivity contribution < 1.29 is 9.53 Å². The maximum Gasteiger partial charge on any atom is 0.410 e. The van der Waals surface area contributed by atoms with E-state index >= 15 is 0 Å². The molecule has 0 bridgehead atoms. The Hall–Kier alpha value is -2.55. The van der Waals surface area contributed by atoms with E-state index in [0.29, 0.717) is 5.69 Å². The third-order valence-electron chi connectivity index (χ3n) is 4.71. The summed E-state index contributed by atoms with van der Waals surface area (Å²) in [6.07, 6.45) is 3.43. The molecule has 0 saturated carbocycles. The molecule has 2 saturated heterocycles. The quantitative estimate of drug-likeness (QED) is 0.834. The number of hydrogen-bond acceptors (Lipinski definition) is 7. The van der Waals surface area contributed by atoms with E-state index in [-0.39, 0.29) is 22.5 Å². The number of nitrogens with two attached hydrogens (primary N) is 1. The van der Waals surface area contributed by atoms with Crippen molar-refractivity contribution in [2.45, 2.75) is 26.4 Å². The first kappa shape index (κ1) is 17.8. The van der Waals surface area contributed by atoms with Crippen LogP contribution in [-0.4, -0.2) is 62.8 Å². The summed E-state index contributed by atoms with van der Waals surface area (Å²) < 4.78 is 7.06. The van der Waals surface area contributed by atoms with Crippen LogP contribution in [0.5, 0.6) is 0 Å². The van der Waals surface area contributed by atoms with Crippen molar-refractivity contribution in [3.8, 4) is 5.69 Å². The van der Waals surface area contributed by atoms with Crippen LogP contribution < -0.4 is 10.6 Å². The van der Waals surface area contributed by atoms with E-state index in [1.165, 1.54) is 0 Å². The minimum Gasteiger partial charge on any atom is -0.444 e. The summed E-state index contributed by atoms with van der Waals surface area (Å²) in [6, 6.07) is 1.63. The number of rotatable bonds is 2. The minimum absolute atomic E-state index is 0.152. The molecular formula is C17H22ClN7O2. The fourth-order valence-electron chi connectivity index (χ4n) is 3.53. The van der Waals surface area contributed by atoms with Crippen LogP contribution in [0.4, 0.5) is 16.3 Å². The van der Waals surface area contributed by atoms with Crippen molar-refractivity contribution in [1.29, 1.82) is 0 Å². The molecule has 2 aliphatic rings. The van der Waals surface area contributed by atoms with E-state index < -0.39 is 5.60 Å². The first-order chi connectivity index (χ1) is 12.6. The summed E-state index contributed by atoms with van der Waals surface area (Å²) in [5, 5.41) is 12.1. The highest BCUT2D eigenvalue weighted by Gasteiger charge is 2.54. The molecule has 2 aromatic heterocycles. The van der Waals surface area contributed by atoms with Gasteiger partial charge in [0.05, 0.1) is 18.1 Å². The average molecular weight is 392 g/mol. The molecule has 2 N–H and O–H groups in total. The Labute approximate surface area is 162 Å². The van der Waals surface area contributed by atoms with E-state index in [2.05, 4.69) is 20.2 Å².